The van der Waals surface area contributed by atoms with Crippen LogP contribution in [0.4, 0.5) is 0 Å². The fraction of sp³-hybridized carbons (Fsp3) is 0.120. The molecule has 0 bridgehead atoms. The minimum absolute atomic E-state index is 0.0991. The second kappa shape index (κ2) is 8.13. The Hall–Kier alpha value is -2.82. The van der Waals surface area contributed by atoms with Crippen molar-refractivity contribution in [1.29, 1.82) is 0 Å². The Morgan fingerprint density at radius 3 is 2.00 bits per heavy atom. The van der Waals surface area contributed by atoms with E-state index < -0.39 is 10.0 Å². The summed E-state index contributed by atoms with van der Waals surface area (Å²) in [5.74, 6) is -0.0991. The minimum atomic E-state index is -3.67. The van der Waals surface area contributed by atoms with Gasteiger partial charge in [-0.15, -0.1) is 0 Å². The van der Waals surface area contributed by atoms with Crippen molar-refractivity contribution in [3.63, 3.8) is 0 Å². The van der Waals surface area contributed by atoms with Gasteiger partial charge in [-0.05, 0) is 60.4 Å². The van der Waals surface area contributed by atoms with Gasteiger partial charge in [0, 0.05) is 23.3 Å². The lowest BCUT2D eigenvalue weighted by Crippen LogP contribution is -2.11. The van der Waals surface area contributed by atoms with E-state index in [-0.39, 0.29) is 10.8 Å². The highest BCUT2D eigenvalue weighted by atomic mass is 35.5. The smallest absolute Gasteiger partial charge is 0.248 e. The van der Waals surface area contributed by atoms with Crippen molar-refractivity contribution in [1.82, 2.24) is 3.97 Å². The molecule has 4 rings (SSSR count). The highest BCUT2D eigenvalue weighted by Gasteiger charge is 2.24. The first-order valence-electron chi connectivity index (χ1n) is 9.67. The van der Waals surface area contributed by atoms with Crippen LogP contribution < -0.4 is 0 Å². The SMILES string of the molecule is Cc1ccc(S(=O)(=O)n2cc(C)c(C(c3ccccc3)c3ccc(Cl)cc3)c2)cc1. The summed E-state index contributed by atoms with van der Waals surface area (Å²) in [7, 11) is -3.67. The molecular formula is C25H22ClNO2S. The van der Waals surface area contributed by atoms with Gasteiger partial charge in [-0.1, -0.05) is 71.8 Å². The Labute approximate surface area is 182 Å². The molecule has 0 spiro atoms. The van der Waals surface area contributed by atoms with Gasteiger partial charge in [0.1, 0.15) is 0 Å². The molecule has 0 aliphatic carbocycles. The molecule has 0 amide bonds. The van der Waals surface area contributed by atoms with Crippen LogP contribution in [0.25, 0.3) is 0 Å². The number of aryl methyl sites for hydroxylation is 2. The Morgan fingerprint density at radius 2 is 1.37 bits per heavy atom. The zero-order valence-electron chi connectivity index (χ0n) is 16.8. The molecule has 30 heavy (non-hydrogen) atoms. The van der Waals surface area contributed by atoms with Crippen LogP contribution in [0.2, 0.25) is 5.02 Å². The van der Waals surface area contributed by atoms with Crippen LogP contribution in [0.1, 0.15) is 33.7 Å². The molecule has 1 heterocycles. The summed E-state index contributed by atoms with van der Waals surface area (Å²) in [6, 6.07) is 24.7. The Kier molecular flexibility index (Phi) is 5.54. The largest absolute Gasteiger partial charge is 0.267 e. The van der Waals surface area contributed by atoms with Gasteiger partial charge in [0.05, 0.1) is 4.90 Å². The second-order valence-corrected chi connectivity index (χ2v) is 9.72. The van der Waals surface area contributed by atoms with Crippen molar-refractivity contribution in [2.45, 2.75) is 24.7 Å². The zero-order chi connectivity index (χ0) is 21.3. The maximum absolute atomic E-state index is 13.2. The quantitative estimate of drug-likeness (QED) is 0.375. The summed E-state index contributed by atoms with van der Waals surface area (Å²) < 4.78 is 27.7. The van der Waals surface area contributed by atoms with E-state index in [1.807, 2.05) is 68.4 Å². The van der Waals surface area contributed by atoms with E-state index in [4.69, 9.17) is 11.6 Å². The van der Waals surface area contributed by atoms with Crippen LogP contribution >= 0.6 is 11.6 Å². The molecule has 3 aromatic carbocycles. The molecule has 0 saturated carbocycles. The molecule has 1 atom stereocenters. The third-order valence-corrected chi connectivity index (χ3v) is 7.17. The van der Waals surface area contributed by atoms with Crippen molar-refractivity contribution < 1.29 is 8.42 Å². The second-order valence-electron chi connectivity index (χ2n) is 7.44. The number of aromatic nitrogens is 1. The summed E-state index contributed by atoms with van der Waals surface area (Å²) in [6.45, 7) is 3.88. The number of benzene rings is 3. The van der Waals surface area contributed by atoms with Gasteiger partial charge in [0.15, 0.2) is 0 Å². The van der Waals surface area contributed by atoms with Crippen LogP contribution in [0.15, 0.2) is 96.2 Å². The topological polar surface area (TPSA) is 39.1 Å². The third-order valence-electron chi connectivity index (χ3n) is 5.29. The lowest BCUT2D eigenvalue weighted by atomic mass is 9.85. The Bertz CT molecular complexity index is 1260. The molecule has 0 fully saturated rings. The van der Waals surface area contributed by atoms with Gasteiger partial charge in [0.2, 0.25) is 0 Å². The standard InChI is InChI=1S/C25H22ClNO2S/c1-18-8-14-23(15-9-18)30(28,29)27-16-19(2)24(17-27)25(20-6-4-3-5-7-20)21-10-12-22(26)13-11-21/h3-17,25H,1-2H3. The van der Waals surface area contributed by atoms with Gasteiger partial charge >= 0.3 is 0 Å². The van der Waals surface area contributed by atoms with Gasteiger partial charge < -0.3 is 0 Å². The summed E-state index contributed by atoms with van der Waals surface area (Å²) in [5.41, 5.74) is 5.02. The Morgan fingerprint density at radius 1 is 0.767 bits per heavy atom. The molecule has 0 saturated heterocycles. The van der Waals surface area contributed by atoms with Crippen molar-refractivity contribution in [3.8, 4) is 0 Å². The number of hydrogen-bond donors (Lipinski definition) is 0. The Balaban J connectivity index is 1.84. The number of nitrogens with zero attached hydrogens (tertiary/aromatic N) is 1. The van der Waals surface area contributed by atoms with E-state index in [0.29, 0.717) is 5.02 Å². The van der Waals surface area contributed by atoms with E-state index in [0.717, 1.165) is 27.8 Å². The molecule has 1 aromatic heterocycles. The van der Waals surface area contributed by atoms with Gasteiger partial charge in [-0.2, -0.15) is 0 Å². The van der Waals surface area contributed by atoms with Crippen molar-refractivity contribution >= 4 is 21.6 Å². The fourth-order valence-electron chi connectivity index (χ4n) is 3.67. The summed E-state index contributed by atoms with van der Waals surface area (Å²) in [6.07, 6.45) is 3.42. The maximum Gasteiger partial charge on any atom is 0.267 e. The molecule has 5 heteroatoms. The first kappa shape index (κ1) is 20.5. The molecule has 0 aliphatic rings. The molecule has 0 aliphatic heterocycles. The van der Waals surface area contributed by atoms with Crippen molar-refractivity contribution in [2.75, 3.05) is 0 Å². The number of rotatable bonds is 5. The molecule has 3 nitrogen and oxygen atoms in total. The van der Waals surface area contributed by atoms with Crippen LogP contribution in [0.5, 0.6) is 0 Å². The van der Waals surface area contributed by atoms with Gasteiger partial charge in [-0.3, -0.25) is 0 Å². The molecule has 4 aromatic rings. The predicted octanol–water partition coefficient (Wildman–Crippen LogP) is 6.18. The number of hydrogen-bond acceptors (Lipinski definition) is 2. The van der Waals surface area contributed by atoms with E-state index in [9.17, 15) is 8.42 Å². The van der Waals surface area contributed by atoms with E-state index >= 15 is 0 Å². The van der Waals surface area contributed by atoms with Gasteiger partial charge in [0.25, 0.3) is 10.0 Å². The van der Waals surface area contributed by atoms with Crippen LogP contribution in [0.3, 0.4) is 0 Å². The van der Waals surface area contributed by atoms with Gasteiger partial charge in [-0.25, -0.2) is 12.4 Å². The molecule has 0 N–H and O–H groups in total. The maximum atomic E-state index is 13.2. The van der Waals surface area contributed by atoms with Crippen LogP contribution in [-0.4, -0.2) is 12.4 Å². The predicted molar refractivity (Wildman–Crippen MR) is 122 cm³/mol. The van der Waals surface area contributed by atoms with Crippen LogP contribution in [0, 0.1) is 13.8 Å². The average Bonchev–Trinajstić information content (AvgIpc) is 3.13. The van der Waals surface area contributed by atoms with Crippen molar-refractivity contribution in [3.05, 3.63) is 124 Å². The highest BCUT2D eigenvalue weighted by Crippen LogP contribution is 2.35. The lowest BCUT2D eigenvalue weighted by molar-refractivity contribution is 0.587. The molecule has 1 unspecified atom stereocenters. The third kappa shape index (κ3) is 3.93. The van der Waals surface area contributed by atoms with E-state index in [1.54, 1.807) is 24.5 Å². The summed E-state index contributed by atoms with van der Waals surface area (Å²) >= 11 is 6.10. The fourth-order valence-corrected chi connectivity index (χ4v) is 5.07. The average molecular weight is 436 g/mol. The van der Waals surface area contributed by atoms with Crippen molar-refractivity contribution in [2.24, 2.45) is 0 Å². The van der Waals surface area contributed by atoms with Crippen LogP contribution in [-0.2, 0) is 10.0 Å². The first-order valence-corrected chi connectivity index (χ1v) is 11.5. The first-order chi connectivity index (χ1) is 14.4. The summed E-state index contributed by atoms with van der Waals surface area (Å²) in [5, 5.41) is 0.668. The lowest BCUT2D eigenvalue weighted by Gasteiger charge is -2.18. The molecule has 152 valence electrons. The minimum Gasteiger partial charge on any atom is -0.248 e. The zero-order valence-corrected chi connectivity index (χ0v) is 18.4. The van der Waals surface area contributed by atoms with E-state index in [2.05, 4.69) is 12.1 Å². The highest BCUT2D eigenvalue weighted by molar-refractivity contribution is 7.90. The summed E-state index contributed by atoms with van der Waals surface area (Å²) in [4.78, 5) is 0.275. The monoisotopic (exact) mass is 435 g/mol. The number of halogens is 1. The molecule has 0 radical (unpaired) electrons. The molecular weight excluding hydrogens is 414 g/mol. The normalized spacial score (nSPS) is 12.6. The van der Waals surface area contributed by atoms with E-state index in [1.165, 1.54) is 3.97 Å².